The third kappa shape index (κ3) is 3.49. The van der Waals surface area contributed by atoms with Crippen LogP contribution >= 0.6 is 11.3 Å². The molecule has 5 heteroatoms. The minimum absolute atomic E-state index is 0.0305. The highest BCUT2D eigenvalue weighted by atomic mass is 32.1. The Labute approximate surface area is 128 Å². The van der Waals surface area contributed by atoms with Crippen LogP contribution in [0.1, 0.15) is 22.0 Å². The minimum atomic E-state index is -0.0305. The number of nitrogens with one attached hydrogen (secondary N) is 1. The fourth-order valence-electron chi connectivity index (χ4n) is 2.33. The van der Waals surface area contributed by atoms with Gasteiger partial charge in [0.15, 0.2) is 0 Å². The van der Waals surface area contributed by atoms with Gasteiger partial charge < -0.3 is 10.2 Å². The molecule has 0 saturated carbocycles. The summed E-state index contributed by atoms with van der Waals surface area (Å²) in [4.78, 5) is 24.8. The molecule has 1 aromatic carbocycles. The number of nitrogens with zero attached hydrogens (tertiary/aromatic N) is 1. The van der Waals surface area contributed by atoms with Gasteiger partial charge in [-0.3, -0.25) is 9.59 Å². The molecule has 0 bridgehead atoms. The molecule has 4 nitrogen and oxygen atoms in total. The molecule has 0 spiro atoms. The normalized spacial score (nSPS) is 11.7. The largest absolute Gasteiger partial charge is 0.340 e. The Bertz CT molecular complexity index is 624. The summed E-state index contributed by atoms with van der Waals surface area (Å²) in [5, 5.41) is 4.75. The number of hydrogen-bond acceptors (Lipinski definition) is 3. The van der Waals surface area contributed by atoms with E-state index >= 15 is 0 Å². The van der Waals surface area contributed by atoms with Crippen molar-refractivity contribution >= 4 is 29.8 Å². The van der Waals surface area contributed by atoms with Gasteiger partial charge in [0, 0.05) is 17.6 Å². The summed E-state index contributed by atoms with van der Waals surface area (Å²) >= 11 is 1.65. The van der Waals surface area contributed by atoms with Gasteiger partial charge in [-0.2, -0.15) is 0 Å². The van der Waals surface area contributed by atoms with Crippen LogP contribution in [0.25, 0.3) is 0 Å². The molecule has 0 radical (unpaired) electrons. The quantitative estimate of drug-likeness (QED) is 0.799. The zero-order chi connectivity index (χ0) is 15.2. The average Bonchev–Trinajstić information content (AvgIpc) is 2.92. The first-order valence-corrected chi connectivity index (χ1v) is 7.54. The highest BCUT2D eigenvalue weighted by Gasteiger charge is 2.20. The predicted molar refractivity (Wildman–Crippen MR) is 85.5 cm³/mol. The fraction of sp³-hybridized carbons (Fsp3) is 0.250. The number of carbonyl (C=O) groups is 2. The summed E-state index contributed by atoms with van der Waals surface area (Å²) in [5.41, 5.74) is 2.97. The highest BCUT2D eigenvalue weighted by Crippen LogP contribution is 2.32. The van der Waals surface area contributed by atoms with Gasteiger partial charge in [0.1, 0.15) is 0 Å². The van der Waals surface area contributed by atoms with Crippen molar-refractivity contribution in [3.63, 3.8) is 0 Å². The first-order valence-electron chi connectivity index (χ1n) is 6.66. The summed E-state index contributed by atoms with van der Waals surface area (Å²) in [7, 11) is 1.78. The van der Waals surface area contributed by atoms with E-state index in [0.717, 1.165) is 17.7 Å². The summed E-state index contributed by atoms with van der Waals surface area (Å²) in [6.07, 6.45) is 2.18. The van der Waals surface area contributed by atoms with Crippen LogP contribution in [0.3, 0.4) is 0 Å². The SMILES string of the molecule is Cc1ccsc1C(Cc1ccccc1NC=O)N(C)C=O. The van der Waals surface area contributed by atoms with E-state index in [-0.39, 0.29) is 6.04 Å². The van der Waals surface area contributed by atoms with Crippen molar-refractivity contribution in [2.75, 3.05) is 12.4 Å². The lowest BCUT2D eigenvalue weighted by molar-refractivity contribution is -0.118. The second-order valence-electron chi connectivity index (χ2n) is 4.88. The van der Waals surface area contributed by atoms with E-state index in [1.807, 2.05) is 36.6 Å². The van der Waals surface area contributed by atoms with E-state index in [0.29, 0.717) is 12.8 Å². The van der Waals surface area contributed by atoms with Crippen LogP contribution in [-0.2, 0) is 16.0 Å². The highest BCUT2D eigenvalue weighted by molar-refractivity contribution is 7.10. The molecule has 2 aromatic rings. The van der Waals surface area contributed by atoms with Gasteiger partial charge in [0.2, 0.25) is 12.8 Å². The zero-order valence-electron chi connectivity index (χ0n) is 12.1. The Morgan fingerprint density at radius 3 is 2.67 bits per heavy atom. The van der Waals surface area contributed by atoms with E-state index in [1.54, 1.807) is 23.3 Å². The molecule has 21 heavy (non-hydrogen) atoms. The first-order chi connectivity index (χ1) is 10.2. The second-order valence-corrected chi connectivity index (χ2v) is 5.83. The lowest BCUT2D eigenvalue weighted by atomic mass is 10.0. The Kier molecular flexibility index (Phi) is 5.11. The molecule has 1 atom stereocenters. The van der Waals surface area contributed by atoms with Crippen molar-refractivity contribution < 1.29 is 9.59 Å². The van der Waals surface area contributed by atoms with Crippen molar-refractivity contribution in [1.82, 2.24) is 4.90 Å². The average molecular weight is 302 g/mol. The van der Waals surface area contributed by atoms with E-state index in [2.05, 4.69) is 11.4 Å². The minimum Gasteiger partial charge on any atom is -0.340 e. The van der Waals surface area contributed by atoms with E-state index in [9.17, 15) is 9.59 Å². The maximum atomic E-state index is 11.2. The molecule has 2 rings (SSSR count). The molecule has 2 amide bonds. The number of rotatable bonds is 7. The molecule has 1 N–H and O–H groups in total. The first kappa shape index (κ1) is 15.3. The van der Waals surface area contributed by atoms with Crippen molar-refractivity contribution in [3.8, 4) is 0 Å². The van der Waals surface area contributed by atoms with E-state index in [4.69, 9.17) is 0 Å². The van der Waals surface area contributed by atoms with Gasteiger partial charge in [-0.25, -0.2) is 0 Å². The van der Waals surface area contributed by atoms with Gasteiger partial charge >= 0.3 is 0 Å². The Morgan fingerprint density at radius 2 is 2.05 bits per heavy atom. The van der Waals surface area contributed by atoms with Crippen LogP contribution in [0.5, 0.6) is 0 Å². The van der Waals surface area contributed by atoms with Crippen LogP contribution in [0.15, 0.2) is 35.7 Å². The second kappa shape index (κ2) is 7.04. The molecule has 1 aromatic heterocycles. The van der Waals surface area contributed by atoms with Crippen LogP contribution in [0.4, 0.5) is 5.69 Å². The van der Waals surface area contributed by atoms with Gasteiger partial charge in [-0.1, -0.05) is 18.2 Å². The van der Waals surface area contributed by atoms with Gasteiger partial charge in [-0.05, 0) is 42.0 Å². The molecule has 110 valence electrons. The van der Waals surface area contributed by atoms with Gasteiger partial charge in [0.05, 0.1) is 6.04 Å². The number of para-hydroxylation sites is 1. The lowest BCUT2D eigenvalue weighted by Crippen LogP contribution is -2.25. The number of aryl methyl sites for hydroxylation is 1. The Hall–Kier alpha value is -2.14. The summed E-state index contributed by atoms with van der Waals surface area (Å²) in [6.45, 7) is 2.05. The Balaban J connectivity index is 2.34. The number of amides is 2. The van der Waals surface area contributed by atoms with Crippen molar-refractivity contribution in [3.05, 3.63) is 51.7 Å². The lowest BCUT2D eigenvalue weighted by Gasteiger charge is -2.25. The summed E-state index contributed by atoms with van der Waals surface area (Å²) < 4.78 is 0. The third-order valence-electron chi connectivity index (χ3n) is 3.51. The number of thiophene rings is 1. The molecule has 1 heterocycles. The number of carbonyl (C=O) groups excluding carboxylic acids is 2. The van der Waals surface area contributed by atoms with Crippen LogP contribution in [-0.4, -0.2) is 24.8 Å². The smallest absolute Gasteiger partial charge is 0.211 e. The number of likely N-dealkylation sites (N-methyl/N-ethyl adjacent to an activating group) is 1. The molecule has 0 aliphatic heterocycles. The maximum absolute atomic E-state index is 11.2. The molecule has 0 aliphatic carbocycles. The summed E-state index contributed by atoms with van der Waals surface area (Å²) in [6, 6.07) is 9.68. The molecule has 0 aliphatic rings. The number of benzene rings is 1. The zero-order valence-corrected chi connectivity index (χ0v) is 12.9. The van der Waals surface area contributed by atoms with Gasteiger partial charge in [0.25, 0.3) is 0 Å². The molecule has 0 fully saturated rings. The van der Waals surface area contributed by atoms with Crippen LogP contribution in [0.2, 0.25) is 0 Å². The molecule has 0 saturated heterocycles. The van der Waals surface area contributed by atoms with Gasteiger partial charge in [-0.15, -0.1) is 11.3 Å². The number of anilines is 1. The van der Waals surface area contributed by atoms with E-state index in [1.165, 1.54) is 10.4 Å². The van der Waals surface area contributed by atoms with E-state index < -0.39 is 0 Å². The molecular weight excluding hydrogens is 284 g/mol. The summed E-state index contributed by atoms with van der Waals surface area (Å²) in [5.74, 6) is 0. The van der Waals surface area contributed by atoms with Crippen molar-refractivity contribution in [2.45, 2.75) is 19.4 Å². The maximum Gasteiger partial charge on any atom is 0.211 e. The van der Waals surface area contributed by atoms with Crippen LogP contribution in [0, 0.1) is 6.92 Å². The molecular formula is C16H18N2O2S. The van der Waals surface area contributed by atoms with Crippen molar-refractivity contribution in [1.29, 1.82) is 0 Å². The Morgan fingerprint density at radius 1 is 1.29 bits per heavy atom. The standard InChI is InChI=1S/C16H18N2O2S/c1-12-7-8-21-16(12)15(18(2)11-20)9-13-5-3-4-6-14(13)17-10-19/h3-8,10-11,15H,9H2,1-2H3,(H,17,19). The predicted octanol–water partition coefficient (Wildman–Crippen LogP) is 3.00. The monoisotopic (exact) mass is 302 g/mol. The number of hydrogen-bond donors (Lipinski definition) is 1. The third-order valence-corrected chi connectivity index (χ3v) is 4.63. The molecule has 1 unspecified atom stereocenters. The van der Waals surface area contributed by atoms with Crippen LogP contribution < -0.4 is 5.32 Å². The topological polar surface area (TPSA) is 49.4 Å². The fourth-order valence-corrected chi connectivity index (χ4v) is 3.41. The van der Waals surface area contributed by atoms with Crippen molar-refractivity contribution in [2.24, 2.45) is 0 Å².